The zero-order valence-corrected chi connectivity index (χ0v) is 18.8. The number of nitrogens with zero attached hydrogens (tertiary/aromatic N) is 2. The first kappa shape index (κ1) is 22.7. The van der Waals surface area contributed by atoms with Gasteiger partial charge in [0.2, 0.25) is 11.8 Å². The summed E-state index contributed by atoms with van der Waals surface area (Å²) >= 11 is 1.01. The van der Waals surface area contributed by atoms with E-state index in [1.54, 1.807) is 19.2 Å². The van der Waals surface area contributed by atoms with Gasteiger partial charge in [0.15, 0.2) is 0 Å². The lowest BCUT2D eigenvalue weighted by Gasteiger charge is -2.39. The van der Waals surface area contributed by atoms with E-state index in [9.17, 15) is 19.2 Å². The highest BCUT2D eigenvalue weighted by Crippen LogP contribution is 2.31. The van der Waals surface area contributed by atoms with Gasteiger partial charge in [-0.1, -0.05) is 18.2 Å². The molecule has 4 rings (SSSR count). The number of carboxylic acid groups (broad SMARTS) is 1. The third-order valence-electron chi connectivity index (χ3n) is 5.68. The van der Waals surface area contributed by atoms with Crippen molar-refractivity contribution < 1.29 is 29.0 Å². The Morgan fingerprint density at radius 2 is 1.82 bits per heavy atom. The van der Waals surface area contributed by atoms with Gasteiger partial charge in [-0.05, 0) is 35.4 Å². The Balaban J connectivity index is 1.53. The van der Waals surface area contributed by atoms with Gasteiger partial charge in [0.1, 0.15) is 11.8 Å². The predicted octanol–water partition coefficient (Wildman–Crippen LogP) is 1.79. The predicted molar refractivity (Wildman–Crippen MR) is 123 cm³/mol. The van der Waals surface area contributed by atoms with Gasteiger partial charge in [-0.15, -0.1) is 11.8 Å². The van der Waals surface area contributed by atoms with Gasteiger partial charge >= 0.3 is 5.97 Å². The van der Waals surface area contributed by atoms with Crippen LogP contribution in [0.2, 0.25) is 0 Å². The highest BCUT2D eigenvalue weighted by molar-refractivity contribution is 8.00. The van der Waals surface area contributed by atoms with Crippen LogP contribution in [0.15, 0.2) is 42.5 Å². The second-order valence-electron chi connectivity index (χ2n) is 7.72. The van der Waals surface area contributed by atoms with E-state index in [2.05, 4.69) is 5.32 Å². The van der Waals surface area contributed by atoms with E-state index in [4.69, 9.17) is 9.84 Å². The number of nitrogens with one attached hydrogen (secondary N) is 1. The maximum atomic E-state index is 13.4. The molecule has 172 valence electrons. The molecule has 0 saturated carbocycles. The highest BCUT2D eigenvalue weighted by Gasteiger charge is 2.40. The standard InChI is InChI=1S/C23H23N3O6S/c1-32-16-5-2-14(3-6-16)15-4-7-18-17(10-15)23(31)26-9-8-25(11-19(26)22(30)24-18)20(27)12-33-13-21(28)29/h2-7,10,19H,8-9,11-13H2,1H3,(H,24,30)(H,28,29). The van der Waals surface area contributed by atoms with Crippen LogP contribution >= 0.6 is 11.8 Å². The number of rotatable bonds is 6. The molecule has 2 aliphatic rings. The fourth-order valence-electron chi connectivity index (χ4n) is 3.96. The van der Waals surface area contributed by atoms with Crippen LogP contribution in [-0.4, -0.2) is 82.9 Å². The minimum Gasteiger partial charge on any atom is -0.497 e. The molecule has 1 atom stereocenters. The molecule has 0 aliphatic carbocycles. The Bertz CT molecular complexity index is 1100. The van der Waals surface area contributed by atoms with Crippen molar-refractivity contribution in [1.82, 2.24) is 9.80 Å². The third kappa shape index (κ3) is 4.80. The first-order valence-corrected chi connectivity index (χ1v) is 11.5. The van der Waals surface area contributed by atoms with Crippen molar-refractivity contribution in [1.29, 1.82) is 0 Å². The van der Waals surface area contributed by atoms with Crippen LogP contribution in [0.4, 0.5) is 5.69 Å². The summed E-state index contributed by atoms with van der Waals surface area (Å²) < 4.78 is 5.19. The number of methoxy groups -OCH3 is 1. The number of ether oxygens (including phenoxy) is 1. The van der Waals surface area contributed by atoms with Crippen molar-refractivity contribution in [3.63, 3.8) is 0 Å². The summed E-state index contributed by atoms with van der Waals surface area (Å²) in [6.07, 6.45) is 0. The number of aliphatic carboxylic acids is 1. The zero-order valence-electron chi connectivity index (χ0n) is 17.9. The number of carboxylic acids is 1. The summed E-state index contributed by atoms with van der Waals surface area (Å²) in [6.45, 7) is 0.581. The van der Waals surface area contributed by atoms with Gasteiger partial charge in [-0.3, -0.25) is 19.2 Å². The summed E-state index contributed by atoms with van der Waals surface area (Å²) in [7, 11) is 1.59. The van der Waals surface area contributed by atoms with E-state index in [0.717, 1.165) is 28.6 Å². The highest BCUT2D eigenvalue weighted by atomic mass is 32.2. The maximum absolute atomic E-state index is 13.4. The van der Waals surface area contributed by atoms with E-state index in [1.165, 1.54) is 9.80 Å². The zero-order chi connectivity index (χ0) is 23.5. The molecular formula is C23H23N3O6S. The maximum Gasteiger partial charge on any atom is 0.313 e. The Morgan fingerprint density at radius 3 is 2.52 bits per heavy atom. The molecule has 0 spiro atoms. The SMILES string of the molecule is COc1ccc(-c2ccc3c(c2)C(=O)N2CCN(C(=O)CSCC(=O)O)CC2C(=O)N3)cc1. The van der Waals surface area contributed by atoms with Crippen molar-refractivity contribution in [3.05, 3.63) is 48.0 Å². The molecule has 2 N–H and O–H groups in total. The number of benzene rings is 2. The second-order valence-corrected chi connectivity index (χ2v) is 8.70. The molecule has 2 aromatic rings. The first-order chi connectivity index (χ1) is 15.9. The Hall–Kier alpha value is -3.53. The number of carbonyl (C=O) groups is 4. The van der Waals surface area contributed by atoms with Crippen LogP contribution in [0.25, 0.3) is 11.1 Å². The van der Waals surface area contributed by atoms with Gasteiger partial charge in [0.05, 0.1) is 36.4 Å². The Morgan fingerprint density at radius 1 is 1.09 bits per heavy atom. The lowest BCUT2D eigenvalue weighted by molar-refractivity contribution is -0.134. The summed E-state index contributed by atoms with van der Waals surface area (Å²) in [5.74, 6) is -1.28. The number of hydrogen-bond donors (Lipinski definition) is 2. The molecule has 0 radical (unpaired) electrons. The topological polar surface area (TPSA) is 116 Å². The second kappa shape index (κ2) is 9.53. The van der Waals surface area contributed by atoms with E-state index in [0.29, 0.717) is 11.3 Å². The molecule has 3 amide bonds. The van der Waals surface area contributed by atoms with E-state index in [-0.39, 0.29) is 48.9 Å². The average Bonchev–Trinajstić information content (AvgIpc) is 2.92. The smallest absolute Gasteiger partial charge is 0.313 e. The third-order valence-corrected chi connectivity index (χ3v) is 6.58. The molecule has 33 heavy (non-hydrogen) atoms. The molecule has 2 heterocycles. The summed E-state index contributed by atoms with van der Waals surface area (Å²) in [6, 6.07) is 12.0. The van der Waals surface area contributed by atoms with Crippen LogP contribution in [0.5, 0.6) is 5.75 Å². The Labute approximate surface area is 194 Å². The number of amides is 3. The van der Waals surface area contributed by atoms with E-state index < -0.39 is 12.0 Å². The van der Waals surface area contributed by atoms with Crippen molar-refractivity contribution >= 4 is 41.1 Å². The number of piperazine rings is 1. The van der Waals surface area contributed by atoms with Gasteiger partial charge in [0, 0.05) is 13.1 Å². The number of thioether (sulfide) groups is 1. The molecular weight excluding hydrogens is 446 g/mol. The van der Waals surface area contributed by atoms with E-state index in [1.807, 2.05) is 30.3 Å². The van der Waals surface area contributed by atoms with Gasteiger partial charge < -0.3 is 25.0 Å². The van der Waals surface area contributed by atoms with Crippen LogP contribution in [-0.2, 0) is 14.4 Å². The quantitative estimate of drug-likeness (QED) is 0.663. The number of anilines is 1. The minimum absolute atomic E-state index is 0.0139. The average molecular weight is 470 g/mol. The van der Waals surface area contributed by atoms with Crippen LogP contribution in [0, 0.1) is 0 Å². The number of carbonyl (C=O) groups excluding carboxylic acids is 3. The fraction of sp³-hybridized carbons (Fsp3) is 0.304. The molecule has 1 fully saturated rings. The molecule has 2 aliphatic heterocycles. The van der Waals surface area contributed by atoms with Crippen LogP contribution in [0.3, 0.4) is 0 Å². The van der Waals surface area contributed by atoms with Gasteiger partial charge in [0.25, 0.3) is 5.91 Å². The Kier molecular flexibility index (Phi) is 6.55. The molecule has 10 heteroatoms. The lowest BCUT2D eigenvalue weighted by atomic mass is 10.0. The molecule has 1 saturated heterocycles. The monoisotopic (exact) mass is 469 g/mol. The molecule has 9 nitrogen and oxygen atoms in total. The summed E-state index contributed by atoms with van der Waals surface area (Å²) in [5, 5.41) is 11.6. The molecule has 2 aromatic carbocycles. The van der Waals surface area contributed by atoms with Gasteiger partial charge in [-0.25, -0.2) is 0 Å². The minimum atomic E-state index is -0.988. The number of hydrogen-bond acceptors (Lipinski definition) is 6. The van der Waals surface area contributed by atoms with Crippen molar-refractivity contribution in [2.24, 2.45) is 0 Å². The van der Waals surface area contributed by atoms with Crippen molar-refractivity contribution in [2.45, 2.75) is 6.04 Å². The molecule has 0 bridgehead atoms. The lowest BCUT2D eigenvalue weighted by Crippen LogP contribution is -2.59. The summed E-state index contributed by atoms with van der Waals surface area (Å²) in [4.78, 5) is 52.4. The first-order valence-electron chi connectivity index (χ1n) is 10.3. The summed E-state index contributed by atoms with van der Waals surface area (Å²) in [5.41, 5.74) is 2.58. The van der Waals surface area contributed by atoms with E-state index >= 15 is 0 Å². The number of fused-ring (bicyclic) bond motifs is 2. The van der Waals surface area contributed by atoms with Crippen molar-refractivity contribution in [3.8, 4) is 16.9 Å². The van der Waals surface area contributed by atoms with Crippen LogP contribution < -0.4 is 10.1 Å². The molecule has 0 aromatic heterocycles. The van der Waals surface area contributed by atoms with Gasteiger partial charge in [-0.2, -0.15) is 0 Å². The fourth-order valence-corrected chi connectivity index (χ4v) is 4.59. The largest absolute Gasteiger partial charge is 0.497 e. The van der Waals surface area contributed by atoms with Crippen LogP contribution in [0.1, 0.15) is 10.4 Å². The van der Waals surface area contributed by atoms with Crippen molar-refractivity contribution in [2.75, 3.05) is 43.6 Å². The molecule has 1 unspecified atom stereocenters. The normalized spacial score (nSPS) is 17.5.